The van der Waals surface area contributed by atoms with Crippen LogP contribution >= 0.6 is 0 Å². The van der Waals surface area contributed by atoms with E-state index < -0.39 is 29.4 Å². The van der Waals surface area contributed by atoms with E-state index in [2.05, 4.69) is 15.4 Å². The molecule has 0 atom stereocenters. The van der Waals surface area contributed by atoms with Gasteiger partial charge in [-0.15, -0.1) is 5.10 Å². The number of nitrogens with two attached hydrogens (primary N) is 1. The lowest BCUT2D eigenvalue weighted by molar-refractivity contribution is -0.144. The van der Waals surface area contributed by atoms with E-state index in [-0.39, 0.29) is 0 Å². The molecule has 0 aliphatic heterocycles. The Kier molecular flexibility index (Phi) is 3.01. The largest absolute Gasteiger partial charge is 0.451 e. The van der Waals surface area contributed by atoms with Crippen LogP contribution < -0.4 is 11.1 Å². The second-order valence-electron chi connectivity index (χ2n) is 4.32. The number of H-pyrrole nitrogens is 1. The summed E-state index contributed by atoms with van der Waals surface area (Å²) in [5, 5.41) is 7.19. The van der Waals surface area contributed by atoms with Gasteiger partial charge < -0.3 is 5.73 Å². The first-order valence-electron chi connectivity index (χ1n) is 5.41. The monoisotopic (exact) mass is 263 g/mol. The number of rotatable bonds is 2. The van der Waals surface area contributed by atoms with Gasteiger partial charge in [0.1, 0.15) is 0 Å². The molecule has 1 aliphatic rings. The molecule has 1 aromatic rings. The van der Waals surface area contributed by atoms with Crippen LogP contribution in [0.4, 0.5) is 19.1 Å². The average molecular weight is 263 g/mol. The van der Waals surface area contributed by atoms with Crippen LogP contribution in [0.5, 0.6) is 0 Å². The topological polar surface area (TPSA) is 96.7 Å². The molecule has 100 valence electrons. The van der Waals surface area contributed by atoms with Crippen molar-refractivity contribution in [3.8, 4) is 0 Å². The van der Waals surface area contributed by atoms with Crippen molar-refractivity contribution in [2.75, 3.05) is 5.32 Å². The fourth-order valence-electron chi connectivity index (χ4n) is 1.90. The van der Waals surface area contributed by atoms with Crippen LogP contribution in [0.25, 0.3) is 0 Å². The van der Waals surface area contributed by atoms with E-state index in [1.165, 1.54) is 0 Å². The Morgan fingerprint density at radius 2 is 2.00 bits per heavy atom. The number of alkyl halides is 3. The molecule has 2 rings (SSSR count). The van der Waals surface area contributed by atoms with Crippen LogP contribution in [-0.4, -0.2) is 26.6 Å². The van der Waals surface area contributed by atoms with Gasteiger partial charge in [0.2, 0.25) is 17.7 Å². The SMILES string of the molecule is NC1(C(=O)Nc2n[nH]c(C(F)(F)F)n2)CCCC1. The van der Waals surface area contributed by atoms with Crippen LogP contribution in [0.1, 0.15) is 31.5 Å². The molecule has 4 N–H and O–H groups in total. The van der Waals surface area contributed by atoms with Crippen molar-refractivity contribution in [2.45, 2.75) is 37.4 Å². The Morgan fingerprint density at radius 3 is 2.50 bits per heavy atom. The lowest BCUT2D eigenvalue weighted by Gasteiger charge is -2.20. The van der Waals surface area contributed by atoms with Crippen molar-refractivity contribution in [1.82, 2.24) is 15.2 Å². The molecule has 6 nitrogen and oxygen atoms in total. The molecule has 0 spiro atoms. The fraction of sp³-hybridized carbons (Fsp3) is 0.667. The van der Waals surface area contributed by atoms with Gasteiger partial charge >= 0.3 is 6.18 Å². The van der Waals surface area contributed by atoms with Crippen molar-refractivity contribution >= 4 is 11.9 Å². The number of hydrogen-bond donors (Lipinski definition) is 3. The molecule has 1 aliphatic carbocycles. The van der Waals surface area contributed by atoms with Crippen molar-refractivity contribution in [3.05, 3.63) is 5.82 Å². The standard InChI is InChI=1S/C9H12F3N5O/c10-9(11,12)5-14-7(17-16-5)15-6(18)8(13)3-1-2-4-8/h1-4,13H2,(H2,14,15,16,17,18). The zero-order valence-electron chi connectivity index (χ0n) is 9.34. The summed E-state index contributed by atoms with van der Waals surface area (Å²) in [5.74, 6) is -2.22. The summed E-state index contributed by atoms with van der Waals surface area (Å²) in [6, 6.07) is 0. The van der Waals surface area contributed by atoms with Gasteiger partial charge in [-0.05, 0) is 12.8 Å². The quantitative estimate of drug-likeness (QED) is 0.742. The zero-order valence-corrected chi connectivity index (χ0v) is 9.34. The fourth-order valence-corrected chi connectivity index (χ4v) is 1.90. The number of halogens is 3. The molecule has 0 saturated heterocycles. The van der Waals surface area contributed by atoms with Crippen LogP contribution in [0, 0.1) is 0 Å². The highest BCUT2D eigenvalue weighted by atomic mass is 19.4. The summed E-state index contributed by atoms with van der Waals surface area (Å²) in [6.45, 7) is 0. The van der Waals surface area contributed by atoms with Gasteiger partial charge in [-0.25, -0.2) is 0 Å². The molecule has 0 bridgehead atoms. The van der Waals surface area contributed by atoms with Crippen molar-refractivity contribution in [3.63, 3.8) is 0 Å². The molecular formula is C9H12F3N5O. The second-order valence-corrected chi connectivity index (χ2v) is 4.32. The lowest BCUT2D eigenvalue weighted by Crippen LogP contribution is -2.48. The van der Waals surface area contributed by atoms with Gasteiger partial charge in [0.25, 0.3) is 0 Å². The maximum absolute atomic E-state index is 12.2. The third-order valence-electron chi connectivity index (χ3n) is 2.93. The number of nitrogens with zero attached hydrogens (tertiary/aromatic N) is 2. The molecule has 9 heteroatoms. The summed E-state index contributed by atoms with van der Waals surface area (Å²) in [5.41, 5.74) is 4.81. The first-order valence-corrected chi connectivity index (χ1v) is 5.41. The van der Waals surface area contributed by atoms with Crippen LogP contribution in [0.15, 0.2) is 0 Å². The van der Waals surface area contributed by atoms with E-state index in [1.54, 1.807) is 5.10 Å². The smallest absolute Gasteiger partial charge is 0.317 e. The zero-order chi connectivity index (χ0) is 13.4. The van der Waals surface area contributed by atoms with Crippen molar-refractivity contribution in [1.29, 1.82) is 0 Å². The van der Waals surface area contributed by atoms with E-state index in [1.807, 2.05) is 0 Å². The van der Waals surface area contributed by atoms with Gasteiger partial charge in [0, 0.05) is 0 Å². The van der Waals surface area contributed by atoms with Gasteiger partial charge in [-0.1, -0.05) is 12.8 Å². The van der Waals surface area contributed by atoms with E-state index in [0.717, 1.165) is 12.8 Å². The first-order chi connectivity index (χ1) is 8.31. The highest BCUT2D eigenvalue weighted by Crippen LogP contribution is 2.29. The van der Waals surface area contributed by atoms with Gasteiger partial charge in [0.15, 0.2) is 0 Å². The van der Waals surface area contributed by atoms with Gasteiger partial charge in [-0.2, -0.15) is 18.2 Å². The maximum atomic E-state index is 12.2. The third-order valence-corrected chi connectivity index (χ3v) is 2.93. The number of amides is 1. The molecule has 1 amide bonds. The number of nitrogens with one attached hydrogen (secondary N) is 2. The maximum Gasteiger partial charge on any atom is 0.451 e. The Labute approximate surface area is 100 Å². The molecule has 0 aromatic carbocycles. The lowest BCUT2D eigenvalue weighted by atomic mass is 9.98. The Hall–Kier alpha value is -1.64. The number of aromatic amines is 1. The highest BCUT2D eigenvalue weighted by Gasteiger charge is 2.39. The number of carbonyl (C=O) groups is 1. The Bertz CT molecular complexity index is 449. The summed E-state index contributed by atoms with van der Waals surface area (Å²) in [4.78, 5) is 14.9. The first kappa shape index (κ1) is 12.8. The highest BCUT2D eigenvalue weighted by molar-refractivity contribution is 5.96. The van der Waals surface area contributed by atoms with Gasteiger partial charge in [-0.3, -0.25) is 15.2 Å². The molecule has 1 heterocycles. The number of hydrogen-bond acceptors (Lipinski definition) is 4. The molecule has 0 radical (unpaired) electrons. The van der Waals surface area contributed by atoms with Crippen molar-refractivity contribution < 1.29 is 18.0 Å². The van der Waals surface area contributed by atoms with E-state index in [0.29, 0.717) is 12.8 Å². The Morgan fingerprint density at radius 1 is 1.39 bits per heavy atom. The molecule has 1 fully saturated rings. The third kappa shape index (κ3) is 2.45. The second kappa shape index (κ2) is 4.23. The van der Waals surface area contributed by atoms with Crippen molar-refractivity contribution in [2.24, 2.45) is 5.73 Å². The van der Waals surface area contributed by atoms with E-state index in [9.17, 15) is 18.0 Å². The average Bonchev–Trinajstić information content (AvgIpc) is 2.86. The summed E-state index contributed by atoms with van der Waals surface area (Å²) < 4.78 is 36.7. The van der Waals surface area contributed by atoms with E-state index >= 15 is 0 Å². The minimum Gasteiger partial charge on any atom is -0.317 e. The number of carbonyl (C=O) groups excluding carboxylic acids is 1. The molecular weight excluding hydrogens is 251 g/mol. The minimum atomic E-state index is -4.62. The summed E-state index contributed by atoms with van der Waals surface area (Å²) >= 11 is 0. The Balaban J connectivity index is 2.06. The predicted octanol–water partition coefficient (Wildman–Crippen LogP) is 1.03. The normalized spacial score (nSPS) is 18.9. The predicted molar refractivity (Wildman–Crippen MR) is 55.4 cm³/mol. The molecule has 0 unspecified atom stereocenters. The molecule has 1 aromatic heterocycles. The summed E-state index contributed by atoms with van der Waals surface area (Å²) in [6.07, 6.45) is -1.95. The molecule has 1 saturated carbocycles. The van der Waals surface area contributed by atoms with Crippen LogP contribution in [-0.2, 0) is 11.0 Å². The number of aromatic nitrogens is 3. The minimum absolute atomic E-state index is 0.413. The van der Waals surface area contributed by atoms with Crippen LogP contribution in [0.3, 0.4) is 0 Å². The van der Waals surface area contributed by atoms with E-state index in [4.69, 9.17) is 5.73 Å². The summed E-state index contributed by atoms with van der Waals surface area (Å²) in [7, 11) is 0. The number of anilines is 1. The van der Waals surface area contributed by atoms with Gasteiger partial charge in [0.05, 0.1) is 5.54 Å². The van der Waals surface area contributed by atoms with Crippen LogP contribution in [0.2, 0.25) is 0 Å². The molecule has 18 heavy (non-hydrogen) atoms.